The van der Waals surface area contributed by atoms with Crippen LogP contribution in [-0.2, 0) is 71.1 Å². The van der Waals surface area contributed by atoms with Gasteiger partial charge in [-0.3, -0.25) is 47.9 Å². The highest BCUT2D eigenvalue weighted by Crippen LogP contribution is 2.73. The van der Waals surface area contributed by atoms with Crippen molar-refractivity contribution in [2.45, 2.75) is 468 Å². The molecule has 6 saturated carbocycles. The normalized spacial score (nSPS) is 27.4. The molecule has 4 saturated heterocycles. The number of nitrogens with zero attached hydrogens (tertiary/aromatic N) is 3. The van der Waals surface area contributed by atoms with Crippen LogP contribution in [0.15, 0.2) is 0 Å². The van der Waals surface area contributed by atoms with Crippen LogP contribution in [-0.4, -0.2) is 204 Å². The zero-order valence-electron chi connectivity index (χ0n) is 85.8. The number of rotatable bonds is 29. The molecule has 10 aliphatic rings. The number of carbonyl (C=O) groups excluding carboxylic acids is 10. The molecule has 126 heavy (non-hydrogen) atoms. The van der Waals surface area contributed by atoms with Crippen LogP contribution in [0.1, 0.15) is 377 Å². The number of carboxylic acid groups (broad SMARTS) is 1. The van der Waals surface area contributed by atoms with Crippen molar-refractivity contribution in [2.24, 2.45) is 82.7 Å². The van der Waals surface area contributed by atoms with Gasteiger partial charge in [-0.2, -0.15) is 0 Å². The predicted octanol–water partition coefficient (Wildman–Crippen LogP) is 20.4. The first-order chi connectivity index (χ1) is 56.6. The summed E-state index contributed by atoms with van der Waals surface area (Å²) in [6, 6.07) is 1.26. The topological polar surface area (TPSA) is 315 Å². The molecule has 730 valence electrons. The van der Waals surface area contributed by atoms with Crippen LogP contribution in [0.25, 0.3) is 0 Å². The lowest BCUT2D eigenvalue weighted by Gasteiger charge is -2.43. The zero-order valence-corrected chi connectivity index (χ0v) is 87.8. The number of carboxylic acids is 1. The summed E-state index contributed by atoms with van der Waals surface area (Å²) in [5.74, 6) is 1.62. The molecular formula is C102H185N3O19Si2. The molecule has 0 aromatic rings. The van der Waals surface area contributed by atoms with Crippen molar-refractivity contribution in [1.29, 1.82) is 0 Å². The number of aliphatic carboxylic acids is 1. The number of aliphatic hydroxyl groups excluding tert-OH is 3. The Kier molecular flexibility index (Phi) is 39.1. The molecule has 3 amide bonds. The second kappa shape index (κ2) is 42.5. The van der Waals surface area contributed by atoms with Gasteiger partial charge in [0.15, 0.2) is 22.4 Å². The van der Waals surface area contributed by atoms with Crippen molar-refractivity contribution in [3.63, 3.8) is 0 Å². The number of hydrogen-bond acceptors (Lipinski definition) is 18. The number of Topliss-reactive ketones (excluding diaryl/α,β-unsaturated/α-hetero) is 6. The number of aliphatic hydroxyl groups is 3. The molecule has 10 fully saturated rings. The molecule has 10 rings (SSSR count). The Morgan fingerprint density at radius 1 is 0.460 bits per heavy atom. The minimum absolute atomic E-state index is 0. The molecule has 4 N–H and O–H groups in total. The number of carbonyl (C=O) groups is 11. The van der Waals surface area contributed by atoms with E-state index in [0.29, 0.717) is 97.1 Å². The van der Waals surface area contributed by atoms with E-state index in [0.717, 1.165) is 69.5 Å². The van der Waals surface area contributed by atoms with Gasteiger partial charge in [0, 0.05) is 110 Å². The van der Waals surface area contributed by atoms with E-state index in [1.807, 2.05) is 65.2 Å². The van der Waals surface area contributed by atoms with Crippen LogP contribution in [0.5, 0.6) is 0 Å². The van der Waals surface area contributed by atoms with Gasteiger partial charge in [-0.05, 0) is 211 Å². The maximum Gasteiger partial charge on any atom is 0.305 e. The average Bonchev–Trinajstić information content (AvgIpc) is 1.54. The first kappa shape index (κ1) is 116. The lowest BCUT2D eigenvalue weighted by atomic mass is 9.67. The van der Waals surface area contributed by atoms with E-state index >= 15 is 0 Å². The predicted molar refractivity (Wildman–Crippen MR) is 508 cm³/mol. The minimum atomic E-state index is -2.12. The molecule has 0 aromatic carbocycles. The number of hydrogen-bond donors (Lipinski definition) is 4. The number of amides is 3. The molecule has 4 aliphatic heterocycles. The van der Waals surface area contributed by atoms with Crippen LogP contribution >= 0.6 is 0 Å². The minimum Gasteiger partial charge on any atom is -0.481 e. The number of fused-ring (bicyclic) bond motifs is 3. The van der Waals surface area contributed by atoms with Crippen molar-refractivity contribution in [1.82, 2.24) is 14.7 Å². The molecule has 0 aromatic heterocycles. The average molecular weight is 1810 g/mol. The number of ketones is 6. The highest BCUT2D eigenvalue weighted by atomic mass is 28.4. The van der Waals surface area contributed by atoms with Gasteiger partial charge in [0.2, 0.25) is 17.7 Å². The Morgan fingerprint density at radius 2 is 0.770 bits per heavy atom. The molecule has 4 heterocycles. The number of likely N-dealkylation sites (tertiary alicyclic amines) is 3. The summed E-state index contributed by atoms with van der Waals surface area (Å²) in [6.07, 6.45) is 16.4. The smallest absolute Gasteiger partial charge is 0.305 e. The second-order valence-corrected chi connectivity index (χ2v) is 57.1. The van der Waals surface area contributed by atoms with Crippen molar-refractivity contribution >= 4 is 81.3 Å². The molecule has 6 bridgehead atoms. The van der Waals surface area contributed by atoms with Crippen LogP contribution in [0.2, 0.25) is 36.3 Å². The first-order valence-electron chi connectivity index (χ1n) is 48.0. The van der Waals surface area contributed by atoms with Crippen molar-refractivity contribution in [2.75, 3.05) is 32.8 Å². The summed E-state index contributed by atoms with van der Waals surface area (Å²) in [5, 5.41) is 39.5. The third-order valence-corrected chi connectivity index (χ3v) is 44.4. The standard InChI is InChI=1S/2C20H33NO3.C15H30O4Si.C15H32O3Si.C13H21NO.C12H22O3.C6H10O2.CH4/c2*1-6-15(22)18(2,3)16(23)12-17(24)21-10-9-20-8-7-13(11-14(20)21)19(20,4)5;1-9-11(16)15(5,6)12(10-13(17)18)19-20(7,8)14(2,3)4;1-9-12(17)15(5,6)13(10-11-16)18-19(7,8)14(2,3)4;1-9(15)14-7-6-13-5-4-10(8-11(13)14)12(13,2)3;1-6-9(13)11(2,3)10-7-8-14-12(4,5)15-10;1-5(8)6(2,3)4-7;/h2*13-14,16,23H,6-12H2,1-5H3;12H,9-10H2,1-8H3,(H,17,18);13,16H,9-11H2,1-8H3;10-11H,4-8H2,1-3H3;10H,6-8H2,1-5H3;4H,1-3H3;1H4/t2*13?,14?,16-,20?;;;;10-;;/m00...0../s1. The number of ether oxygens (including phenoxy) is 2. The molecule has 14 atom stereocenters. The summed E-state index contributed by atoms with van der Waals surface area (Å²) in [5.41, 5.74) is -2.03. The van der Waals surface area contributed by atoms with E-state index in [9.17, 15) is 68.1 Å². The highest BCUT2D eigenvalue weighted by molar-refractivity contribution is 6.74. The van der Waals surface area contributed by atoms with Crippen molar-refractivity contribution in [3.8, 4) is 0 Å². The van der Waals surface area contributed by atoms with E-state index in [4.69, 9.17) is 23.4 Å². The monoisotopic (exact) mass is 1810 g/mol. The van der Waals surface area contributed by atoms with Gasteiger partial charge < -0.3 is 58.2 Å². The first-order valence-corrected chi connectivity index (χ1v) is 53.8. The lowest BCUT2D eigenvalue weighted by Crippen LogP contribution is -2.50. The maximum absolute atomic E-state index is 12.9. The van der Waals surface area contributed by atoms with Crippen molar-refractivity contribution in [3.05, 3.63) is 0 Å². The van der Waals surface area contributed by atoms with Gasteiger partial charge >= 0.3 is 5.97 Å². The maximum atomic E-state index is 12.9. The Bertz CT molecular complexity index is 3660. The summed E-state index contributed by atoms with van der Waals surface area (Å²) in [4.78, 5) is 135. The lowest BCUT2D eigenvalue weighted by molar-refractivity contribution is -0.288. The van der Waals surface area contributed by atoms with E-state index in [2.05, 4.69) is 114 Å². The molecule has 3 spiro atoms. The summed E-state index contributed by atoms with van der Waals surface area (Å²) in [6.45, 7) is 76.9. The molecule has 0 radical (unpaired) electrons. The van der Waals surface area contributed by atoms with Gasteiger partial charge in [0.25, 0.3) is 0 Å². The largest absolute Gasteiger partial charge is 0.481 e. The van der Waals surface area contributed by atoms with Crippen LogP contribution < -0.4 is 0 Å². The highest BCUT2D eigenvalue weighted by Gasteiger charge is 2.71. The molecule has 24 heteroatoms. The Morgan fingerprint density at radius 3 is 1.04 bits per heavy atom. The second-order valence-electron chi connectivity index (χ2n) is 47.5. The summed E-state index contributed by atoms with van der Waals surface area (Å²) >= 11 is 0. The summed E-state index contributed by atoms with van der Waals surface area (Å²) < 4.78 is 23.9. The molecule has 22 nitrogen and oxygen atoms in total. The van der Waals surface area contributed by atoms with Crippen LogP contribution in [0.3, 0.4) is 0 Å². The quantitative estimate of drug-likeness (QED) is 0.0307. The van der Waals surface area contributed by atoms with E-state index in [1.165, 1.54) is 58.3 Å². The summed E-state index contributed by atoms with van der Waals surface area (Å²) in [7, 11) is -4.06. The molecular weight excluding hydrogens is 1630 g/mol. The number of aldehydes is 1. The third kappa shape index (κ3) is 24.1. The van der Waals surface area contributed by atoms with Gasteiger partial charge in [-0.15, -0.1) is 0 Å². The van der Waals surface area contributed by atoms with Crippen LogP contribution in [0.4, 0.5) is 0 Å². The van der Waals surface area contributed by atoms with E-state index in [1.54, 1.807) is 83.1 Å². The van der Waals surface area contributed by atoms with E-state index < -0.39 is 79.2 Å². The molecule has 6 aliphatic carbocycles. The Balaban J connectivity index is 0.000000386. The Hall–Kier alpha value is -4.28. The fraction of sp³-hybridized carbons (Fsp3) is 0.892. The van der Waals surface area contributed by atoms with Gasteiger partial charge in [0.05, 0.1) is 61.8 Å². The Labute approximate surface area is 766 Å². The van der Waals surface area contributed by atoms with Gasteiger partial charge in [-0.1, -0.05) is 194 Å². The van der Waals surface area contributed by atoms with Crippen molar-refractivity contribution < 1.29 is 91.5 Å². The van der Waals surface area contributed by atoms with E-state index in [-0.39, 0.29) is 113 Å². The molecule has 11 unspecified atom stereocenters. The fourth-order valence-electron chi connectivity index (χ4n) is 22.6. The zero-order chi connectivity index (χ0) is 97.0. The van der Waals surface area contributed by atoms with Crippen LogP contribution in [0, 0.1) is 82.7 Å². The fourth-order valence-corrected chi connectivity index (χ4v) is 25.6. The van der Waals surface area contributed by atoms with Gasteiger partial charge in [0.1, 0.15) is 41.0 Å². The third-order valence-electron chi connectivity index (χ3n) is 35.4. The SMILES string of the molecule is C.CC(=O)C(C)(C)C=O.CC(=O)N1CCC23CCC(CC12)C3(C)C.CCC(=O)C(C)(C)C(CC(=O)O)O[Si](C)(C)C(C)(C)C.CCC(=O)C(C)(C)C(CCO)O[Si](C)(C)C(C)(C)C.CCC(=O)C(C)(C)[C@@H](O)CC(=O)N1CCC23CCC(CC12)C3(C)C.CCC(=O)C(C)(C)[C@@H](O)CC(=O)N1CCC23CCC(CC12)C3(C)C.CCC(=O)C(C)(C)[C@@H]1CCOC(C)(C)O1. The van der Waals surface area contributed by atoms with Gasteiger partial charge in [-0.25, -0.2) is 0 Å².